The summed E-state index contributed by atoms with van der Waals surface area (Å²) in [6.45, 7) is 3.59. The quantitative estimate of drug-likeness (QED) is 0.305. The first-order chi connectivity index (χ1) is 14.3. The Balaban J connectivity index is 1.71. The number of hydrogen-bond donors (Lipinski definition) is 6. The maximum Gasteiger partial charge on any atom is 0.352 e. The van der Waals surface area contributed by atoms with E-state index in [-0.39, 0.29) is 10.2 Å². The number of hydrogen-bond acceptors (Lipinski definition) is 5. The lowest BCUT2D eigenvalue weighted by molar-refractivity contribution is 0.0967. The number of nitrogens with one attached hydrogen (secondary N) is 6. The fraction of sp³-hybridized carbons (Fsp3) is 0.105. The minimum Gasteiger partial charge on any atom is -0.298 e. The van der Waals surface area contributed by atoms with Crippen LogP contribution in [0.5, 0.6) is 0 Å². The Labute approximate surface area is 183 Å². The van der Waals surface area contributed by atoms with E-state index in [2.05, 4.69) is 32.3 Å². The third-order valence-corrected chi connectivity index (χ3v) is 4.22. The molecule has 0 unspecified atom stereocenters. The molecule has 156 valence electrons. The summed E-state index contributed by atoms with van der Waals surface area (Å²) in [4.78, 5) is 36.1. The molecule has 0 fully saturated rings. The summed E-state index contributed by atoms with van der Waals surface area (Å²) in [5, 5.41) is 4.68. The van der Waals surface area contributed by atoms with Gasteiger partial charge in [0.15, 0.2) is 10.2 Å². The van der Waals surface area contributed by atoms with Crippen LogP contribution < -0.4 is 32.3 Å². The first-order valence-electron chi connectivity index (χ1n) is 8.68. The Morgan fingerprint density at radius 2 is 1.00 bits per heavy atom. The molecule has 0 radical (unpaired) electrons. The van der Waals surface area contributed by atoms with Gasteiger partial charge in [-0.2, -0.15) is 0 Å². The minimum atomic E-state index is -0.755. The van der Waals surface area contributed by atoms with Crippen molar-refractivity contribution in [3.63, 3.8) is 0 Å². The highest BCUT2D eigenvalue weighted by Gasteiger charge is 2.12. The van der Waals surface area contributed by atoms with Crippen molar-refractivity contribution in [1.82, 2.24) is 32.3 Å². The second kappa shape index (κ2) is 10.8. The maximum absolute atomic E-state index is 12.1. The lowest BCUT2D eigenvalue weighted by Crippen LogP contribution is -2.56. The molecule has 9 nitrogen and oxygen atoms in total. The topological polar surface area (TPSA) is 123 Å². The number of thiocarbonyl (C=S) groups is 2. The molecule has 0 aliphatic heterocycles. The van der Waals surface area contributed by atoms with Crippen LogP contribution in [0.4, 0.5) is 4.79 Å². The van der Waals surface area contributed by atoms with Crippen molar-refractivity contribution in [2.45, 2.75) is 13.8 Å². The smallest absolute Gasteiger partial charge is 0.298 e. The maximum atomic E-state index is 12.1. The monoisotopic (exact) mass is 444 g/mol. The van der Waals surface area contributed by atoms with E-state index in [4.69, 9.17) is 24.4 Å². The zero-order valence-electron chi connectivity index (χ0n) is 16.2. The van der Waals surface area contributed by atoms with Gasteiger partial charge in [0.1, 0.15) is 0 Å². The Bertz CT molecular complexity index is 918. The number of hydrazine groups is 2. The van der Waals surface area contributed by atoms with E-state index in [1.165, 1.54) is 0 Å². The second-order valence-corrected chi connectivity index (χ2v) is 6.84. The number of amides is 4. The molecule has 0 heterocycles. The number of carbonyl (C=O) groups excluding carboxylic acids is 3. The van der Waals surface area contributed by atoms with Crippen LogP contribution in [0.1, 0.15) is 31.8 Å². The van der Waals surface area contributed by atoms with E-state index < -0.39 is 17.8 Å². The molecule has 2 aromatic carbocycles. The number of urea groups is 1. The van der Waals surface area contributed by atoms with Gasteiger partial charge in [-0.05, 0) is 61.5 Å². The molecule has 0 aliphatic rings. The number of carbonyl (C=O) groups is 3. The molecule has 0 bridgehead atoms. The van der Waals surface area contributed by atoms with E-state index >= 15 is 0 Å². The van der Waals surface area contributed by atoms with Crippen LogP contribution in [-0.4, -0.2) is 28.1 Å². The van der Waals surface area contributed by atoms with Gasteiger partial charge in [-0.1, -0.05) is 36.4 Å². The average Bonchev–Trinajstić information content (AvgIpc) is 2.71. The zero-order valence-corrected chi connectivity index (χ0v) is 17.8. The van der Waals surface area contributed by atoms with Gasteiger partial charge in [0.25, 0.3) is 11.8 Å². The molecule has 30 heavy (non-hydrogen) atoms. The molecule has 0 aliphatic carbocycles. The van der Waals surface area contributed by atoms with Crippen molar-refractivity contribution in [2.75, 3.05) is 0 Å². The predicted molar refractivity (Wildman–Crippen MR) is 120 cm³/mol. The molecule has 6 N–H and O–H groups in total. The lowest BCUT2D eigenvalue weighted by Gasteiger charge is -2.14. The summed E-state index contributed by atoms with van der Waals surface area (Å²) < 4.78 is 0. The summed E-state index contributed by atoms with van der Waals surface area (Å²) in [5.74, 6) is -0.822. The third-order valence-electron chi connectivity index (χ3n) is 3.81. The van der Waals surface area contributed by atoms with Crippen molar-refractivity contribution in [3.05, 3.63) is 70.8 Å². The van der Waals surface area contributed by atoms with Crippen molar-refractivity contribution in [1.29, 1.82) is 0 Å². The molecule has 0 saturated heterocycles. The predicted octanol–water partition coefficient (Wildman–Crippen LogP) is 1.34. The normalized spacial score (nSPS) is 9.67. The molecule has 2 rings (SSSR count). The molecular formula is C19H20N6O3S2. The zero-order chi connectivity index (χ0) is 22.1. The molecule has 0 saturated carbocycles. The van der Waals surface area contributed by atoms with Gasteiger partial charge in [-0.15, -0.1) is 0 Å². The number of rotatable bonds is 2. The highest BCUT2D eigenvalue weighted by molar-refractivity contribution is 7.80. The highest BCUT2D eigenvalue weighted by Crippen LogP contribution is 2.07. The summed E-state index contributed by atoms with van der Waals surface area (Å²) in [7, 11) is 0. The molecule has 0 atom stereocenters. The van der Waals surface area contributed by atoms with Gasteiger partial charge >= 0.3 is 6.03 Å². The van der Waals surface area contributed by atoms with E-state index in [0.717, 1.165) is 11.1 Å². The molecular weight excluding hydrogens is 424 g/mol. The van der Waals surface area contributed by atoms with Crippen LogP contribution in [0, 0.1) is 13.8 Å². The summed E-state index contributed by atoms with van der Waals surface area (Å²) in [6.07, 6.45) is 0. The standard InChI is InChI=1S/C19H20N6O3S2/c1-11-7-3-5-9-13(11)15(26)20-18(29)24-22-17(28)23-25-19(30)21-16(27)14-10-6-4-8-12(14)2/h3-10H,1-2H3,(H2,22,23,28)(H2,20,24,26,29)(H2,21,25,27,30). The second-order valence-electron chi connectivity index (χ2n) is 6.03. The SMILES string of the molecule is Cc1ccccc1C(=O)NC(=S)NNC(=O)NNC(=S)NC(=O)c1ccccc1C. The first-order valence-corrected chi connectivity index (χ1v) is 9.49. The molecule has 0 spiro atoms. The molecule has 11 heteroatoms. The number of aryl methyl sites for hydroxylation is 2. The van der Waals surface area contributed by atoms with Gasteiger partial charge in [0.05, 0.1) is 0 Å². The van der Waals surface area contributed by atoms with Crippen molar-refractivity contribution in [3.8, 4) is 0 Å². The molecule has 0 aromatic heterocycles. The van der Waals surface area contributed by atoms with Gasteiger partial charge in [-0.25, -0.2) is 15.6 Å². The van der Waals surface area contributed by atoms with E-state index in [1.807, 2.05) is 12.1 Å². The van der Waals surface area contributed by atoms with E-state index in [0.29, 0.717) is 11.1 Å². The largest absolute Gasteiger partial charge is 0.352 e. The van der Waals surface area contributed by atoms with Crippen LogP contribution >= 0.6 is 24.4 Å². The van der Waals surface area contributed by atoms with Crippen LogP contribution in [0.2, 0.25) is 0 Å². The Hall–Kier alpha value is -3.57. The van der Waals surface area contributed by atoms with E-state index in [1.54, 1.807) is 50.2 Å². The van der Waals surface area contributed by atoms with Crippen molar-refractivity contribution in [2.24, 2.45) is 0 Å². The fourth-order valence-electron chi connectivity index (χ4n) is 2.32. The van der Waals surface area contributed by atoms with Crippen LogP contribution in [0.15, 0.2) is 48.5 Å². The Morgan fingerprint density at radius 1 is 0.633 bits per heavy atom. The Morgan fingerprint density at radius 3 is 1.37 bits per heavy atom. The van der Waals surface area contributed by atoms with Crippen molar-refractivity contribution < 1.29 is 14.4 Å². The van der Waals surface area contributed by atoms with Gasteiger partial charge < -0.3 is 0 Å². The lowest BCUT2D eigenvalue weighted by atomic mass is 10.1. The average molecular weight is 445 g/mol. The van der Waals surface area contributed by atoms with Gasteiger partial charge in [0.2, 0.25) is 0 Å². The fourth-order valence-corrected chi connectivity index (χ4v) is 2.60. The van der Waals surface area contributed by atoms with Gasteiger partial charge in [-0.3, -0.25) is 31.1 Å². The van der Waals surface area contributed by atoms with Crippen LogP contribution in [-0.2, 0) is 0 Å². The summed E-state index contributed by atoms with van der Waals surface area (Å²) >= 11 is 9.92. The van der Waals surface area contributed by atoms with Crippen LogP contribution in [0.3, 0.4) is 0 Å². The summed E-state index contributed by atoms with van der Waals surface area (Å²) in [5.41, 5.74) is 11.7. The van der Waals surface area contributed by atoms with Crippen LogP contribution in [0.25, 0.3) is 0 Å². The molecule has 2 aromatic rings. The third kappa shape index (κ3) is 6.79. The van der Waals surface area contributed by atoms with Crippen molar-refractivity contribution >= 4 is 52.5 Å². The Kier molecular flexibility index (Phi) is 8.20. The highest BCUT2D eigenvalue weighted by atomic mass is 32.1. The molecule has 4 amide bonds. The number of benzene rings is 2. The van der Waals surface area contributed by atoms with E-state index in [9.17, 15) is 14.4 Å². The summed E-state index contributed by atoms with van der Waals surface area (Å²) in [6, 6.07) is 13.2. The minimum absolute atomic E-state index is 0.103. The first kappa shape index (κ1) is 22.7. The van der Waals surface area contributed by atoms with Gasteiger partial charge in [0, 0.05) is 11.1 Å².